The van der Waals surface area contributed by atoms with Crippen molar-refractivity contribution in [3.63, 3.8) is 0 Å². The van der Waals surface area contributed by atoms with E-state index in [1.165, 1.54) is 25.7 Å². The number of anilines is 1. The molecule has 1 aliphatic rings. The van der Waals surface area contributed by atoms with E-state index in [2.05, 4.69) is 21.2 Å². The molecular formula is C15H20BrNO2. The summed E-state index contributed by atoms with van der Waals surface area (Å²) in [6.45, 7) is 0. The quantitative estimate of drug-likeness (QED) is 0.838. The maximum atomic E-state index is 12.3. The van der Waals surface area contributed by atoms with Gasteiger partial charge in [0, 0.05) is 10.4 Å². The Bertz CT molecular complexity index is 440. The minimum atomic E-state index is 0.146. The molecule has 0 aromatic heterocycles. The Morgan fingerprint density at radius 1 is 1.26 bits per heavy atom. The number of hydrogen-bond acceptors (Lipinski definition) is 2. The second kappa shape index (κ2) is 6.94. The summed E-state index contributed by atoms with van der Waals surface area (Å²) in [6.07, 6.45) is 6.88. The summed E-state index contributed by atoms with van der Waals surface area (Å²) in [5.74, 6) is 1.09. The van der Waals surface area contributed by atoms with Gasteiger partial charge in [0.2, 0.25) is 5.91 Å². The maximum absolute atomic E-state index is 12.3. The minimum Gasteiger partial charge on any atom is -0.497 e. The summed E-state index contributed by atoms with van der Waals surface area (Å²) < 4.78 is 6.00. The predicted molar refractivity (Wildman–Crippen MR) is 80.5 cm³/mol. The van der Waals surface area contributed by atoms with Crippen molar-refractivity contribution in [2.75, 3.05) is 12.4 Å². The lowest BCUT2D eigenvalue weighted by Gasteiger charge is -2.15. The molecule has 0 spiro atoms. The van der Waals surface area contributed by atoms with Gasteiger partial charge in [0.15, 0.2) is 0 Å². The van der Waals surface area contributed by atoms with Crippen LogP contribution in [0.2, 0.25) is 0 Å². The fourth-order valence-electron chi connectivity index (χ4n) is 2.50. The molecule has 0 bridgehead atoms. The SMILES string of the molecule is COc1ccc(NC(=O)C2CCCCCC2)c(Br)c1. The number of carbonyl (C=O) groups is 1. The average molecular weight is 326 g/mol. The summed E-state index contributed by atoms with van der Waals surface area (Å²) in [6, 6.07) is 5.59. The summed E-state index contributed by atoms with van der Waals surface area (Å²) in [5, 5.41) is 3.02. The van der Waals surface area contributed by atoms with E-state index >= 15 is 0 Å². The number of nitrogens with one attached hydrogen (secondary N) is 1. The Morgan fingerprint density at radius 3 is 2.53 bits per heavy atom. The first-order valence-electron chi connectivity index (χ1n) is 6.85. The van der Waals surface area contributed by atoms with Gasteiger partial charge in [-0.3, -0.25) is 4.79 Å². The van der Waals surface area contributed by atoms with E-state index in [0.717, 1.165) is 28.8 Å². The van der Waals surface area contributed by atoms with Crippen molar-refractivity contribution in [2.24, 2.45) is 5.92 Å². The van der Waals surface area contributed by atoms with E-state index in [-0.39, 0.29) is 11.8 Å². The molecule has 0 heterocycles. The molecule has 2 rings (SSSR count). The number of rotatable bonds is 3. The van der Waals surface area contributed by atoms with Crippen LogP contribution in [0.3, 0.4) is 0 Å². The third-order valence-electron chi connectivity index (χ3n) is 3.66. The average Bonchev–Trinajstić information content (AvgIpc) is 2.70. The molecule has 0 atom stereocenters. The zero-order chi connectivity index (χ0) is 13.7. The van der Waals surface area contributed by atoms with Crippen molar-refractivity contribution >= 4 is 27.5 Å². The topological polar surface area (TPSA) is 38.3 Å². The van der Waals surface area contributed by atoms with E-state index in [4.69, 9.17) is 4.74 Å². The molecule has 1 aromatic rings. The Hall–Kier alpha value is -1.03. The lowest BCUT2D eigenvalue weighted by atomic mass is 9.99. The molecule has 1 aromatic carbocycles. The van der Waals surface area contributed by atoms with Gasteiger partial charge in [0.1, 0.15) is 5.75 Å². The Balaban J connectivity index is 2.01. The number of benzene rings is 1. The molecule has 1 fully saturated rings. The van der Waals surface area contributed by atoms with Crippen molar-refractivity contribution in [1.82, 2.24) is 0 Å². The Kier molecular flexibility index (Phi) is 5.25. The third-order valence-corrected chi connectivity index (χ3v) is 4.32. The van der Waals surface area contributed by atoms with Crippen LogP contribution in [-0.4, -0.2) is 13.0 Å². The summed E-state index contributed by atoms with van der Waals surface area (Å²) in [4.78, 5) is 12.3. The van der Waals surface area contributed by atoms with E-state index in [9.17, 15) is 4.79 Å². The smallest absolute Gasteiger partial charge is 0.227 e. The first kappa shape index (κ1) is 14.4. The van der Waals surface area contributed by atoms with Crippen LogP contribution in [-0.2, 0) is 4.79 Å². The number of hydrogen-bond donors (Lipinski definition) is 1. The Morgan fingerprint density at radius 2 is 1.95 bits per heavy atom. The minimum absolute atomic E-state index is 0.146. The van der Waals surface area contributed by atoms with Crippen molar-refractivity contribution < 1.29 is 9.53 Å². The number of ether oxygens (including phenoxy) is 1. The van der Waals surface area contributed by atoms with Gasteiger partial charge in [-0.1, -0.05) is 25.7 Å². The van der Waals surface area contributed by atoms with E-state index < -0.39 is 0 Å². The summed E-state index contributed by atoms with van der Waals surface area (Å²) >= 11 is 3.46. The van der Waals surface area contributed by atoms with Gasteiger partial charge in [-0.15, -0.1) is 0 Å². The van der Waals surface area contributed by atoms with Gasteiger partial charge in [0.25, 0.3) is 0 Å². The zero-order valence-electron chi connectivity index (χ0n) is 11.2. The van der Waals surface area contributed by atoms with Crippen molar-refractivity contribution in [2.45, 2.75) is 38.5 Å². The standard InChI is InChI=1S/C15H20BrNO2/c1-19-12-8-9-14(13(16)10-12)17-15(18)11-6-4-2-3-5-7-11/h8-11H,2-7H2,1H3,(H,17,18). The Labute approximate surface area is 122 Å². The molecule has 0 saturated heterocycles. The normalized spacial score (nSPS) is 16.7. The van der Waals surface area contributed by atoms with Gasteiger partial charge in [-0.05, 0) is 47.0 Å². The van der Waals surface area contributed by atoms with Crippen LogP contribution in [0.4, 0.5) is 5.69 Å². The van der Waals surface area contributed by atoms with Gasteiger partial charge >= 0.3 is 0 Å². The fraction of sp³-hybridized carbons (Fsp3) is 0.533. The highest BCUT2D eigenvalue weighted by molar-refractivity contribution is 9.10. The fourth-order valence-corrected chi connectivity index (χ4v) is 2.96. The van der Waals surface area contributed by atoms with Crippen molar-refractivity contribution in [3.05, 3.63) is 22.7 Å². The molecular weight excluding hydrogens is 306 g/mol. The molecule has 0 radical (unpaired) electrons. The van der Waals surface area contributed by atoms with Crippen molar-refractivity contribution in [1.29, 1.82) is 0 Å². The second-order valence-corrected chi connectivity index (χ2v) is 5.88. The lowest BCUT2D eigenvalue weighted by Crippen LogP contribution is -2.22. The van der Waals surface area contributed by atoms with Crippen LogP contribution < -0.4 is 10.1 Å². The van der Waals surface area contributed by atoms with E-state index in [0.29, 0.717) is 0 Å². The van der Waals surface area contributed by atoms with Gasteiger partial charge < -0.3 is 10.1 Å². The van der Waals surface area contributed by atoms with Crippen LogP contribution in [0.1, 0.15) is 38.5 Å². The highest BCUT2D eigenvalue weighted by Gasteiger charge is 2.20. The third kappa shape index (κ3) is 3.96. The van der Waals surface area contributed by atoms with E-state index in [1.54, 1.807) is 7.11 Å². The predicted octanol–water partition coefficient (Wildman–Crippen LogP) is 4.37. The molecule has 1 saturated carbocycles. The number of carbonyl (C=O) groups excluding carboxylic acids is 1. The van der Waals surface area contributed by atoms with Crippen LogP contribution in [0.25, 0.3) is 0 Å². The first-order chi connectivity index (χ1) is 9.20. The molecule has 1 amide bonds. The van der Waals surface area contributed by atoms with Gasteiger partial charge in [-0.25, -0.2) is 0 Å². The number of amides is 1. The molecule has 0 aliphatic heterocycles. The highest BCUT2D eigenvalue weighted by atomic mass is 79.9. The molecule has 0 unspecified atom stereocenters. The van der Waals surface area contributed by atoms with E-state index in [1.807, 2.05) is 18.2 Å². The zero-order valence-corrected chi connectivity index (χ0v) is 12.8. The monoisotopic (exact) mass is 325 g/mol. The molecule has 4 heteroatoms. The molecule has 104 valence electrons. The van der Waals surface area contributed by atoms with Gasteiger partial charge in [-0.2, -0.15) is 0 Å². The lowest BCUT2D eigenvalue weighted by molar-refractivity contribution is -0.120. The first-order valence-corrected chi connectivity index (χ1v) is 7.64. The van der Waals surface area contributed by atoms with Crippen molar-refractivity contribution in [3.8, 4) is 5.75 Å². The molecule has 1 N–H and O–H groups in total. The van der Waals surface area contributed by atoms with Crippen LogP contribution >= 0.6 is 15.9 Å². The van der Waals surface area contributed by atoms with Gasteiger partial charge in [0.05, 0.1) is 12.8 Å². The maximum Gasteiger partial charge on any atom is 0.227 e. The summed E-state index contributed by atoms with van der Waals surface area (Å²) in [7, 11) is 1.63. The molecule has 1 aliphatic carbocycles. The van der Waals surface area contributed by atoms with Crippen LogP contribution in [0, 0.1) is 5.92 Å². The number of methoxy groups -OCH3 is 1. The number of halogens is 1. The molecule has 19 heavy (non-hydrogen) atoms. The van der Waals surface area contributed by atoms with Crippen LogP contribution in [0.5, 0.6) is 5.75 Å². The van der Waals surface area contributed by atoms with Crippen LogP contribution in [0.15, 0.2) is 22.7 Å². The second-order valence-electron chi connectivity index (χ2n) is 5.02. The highest BCUT2D eigenvalue weighted by Crippen LogP contribution is 2.29. The summed E-state index contributed by atoms with van der Waals surface area (Å²) in [5.41, 5.74) is 0.815. The largest absolute Gasteiger partial charge is 0.497 e. The molecule has 3 nitrogen and oxygen atoms in total.